The van der Waals surface area contributed by atoms with Gasteiger partial charge < -0.3 is 11.1 Å². The Bertz CT molecular complexity index is 440. The Labute approximate surface area is 94.4 Å². The van der Waals surface area contributed by atoms with Crippen LogP contribution in [-0.2, 0) is 6.54 Å². The normalized spacial score (nSPS) is 21.3. The fourth-order valence-corrected chi connectivity index (χ4v) is 2.37. The number of rotatable bonds is 2. The minimum absolute atomic E-state index is 0.0201. The highest BCUT2D eigenvalue weighted by Crippen LogP contribution is 2.46. The first-order valence-corrected chi connectivity index (χ1v) is 5.62. The van der Waals surface area contributed by atoms with E-state index in [1.807, 2.05) is 29.2 Å². The number of carbonyl (C=O) groups is 1. The van der Waals surface area contributed by atoms with Gasteiger partial charge in [-0.2, -0.15) is 0 Å². The number of nitrogens with one attached hydrogen (secondary N) is 1. The average molecular weight is 217 g/mol. The smallest absolute Gasteiger partial charge is 0.322 e. The van der Waals surface area contributed by atoms with Crippen molar-refractivity contribution >= 4 is 11.7 Å². The zero-order valence-corrected chi connectivity index (χ0v) is 9.07. The molecule has 0 aromatic heterocycles. The third-order valence-corrected chi connectivity index (χ3v) is 3.48. The van der Waals surface area contributed by atoms with E-state index in [-0.39, 0.29) is 11.6 Å². The quantitative estimate of drug-likeness (QED) is 0.782. The standard InChI is InChI=1S/C12H15N3O/c13-7-9-2-1-3-10(6-9)15-11(16)14-8-12(15)4-5-12/h1-3,6H,4-5,7-8,13H2,(H,14,16). The molecule has 1 aliphatic heterocycles. The molecule has 84 valence electrons. The van der Waals surface area contributed by atoms with Gasteiger partial charge in [-0.25, -0.2) is 4.79 Å². The van der Waals surface area contributed by atoms with E-state index in [4.69, 9.17) is 5.73 Å². The molecule has 0 radical (unpaired) electrons. The summed E-state index contributed by atoms with van der Waals surface area (Å²) in [6.07, 6.45) is 2.19. The molecular formula is C12H15N3O. The molecule has 2 aliphatic rings. The summed E-state index contributed by atoms with van der Waals surface area (Å²) in [5.41, 5.74) is 7.71. The van der Waals surface area contributed by atoms with Crippen LogP contribution in [0.5, 0.6) is 0 Å². The minimum atomic E-state index is 0.0201. The molecule has 0 bridgehead atoms. The van der Waals surface area contributed by atoms with Crippen LogP contribution in [0.1, 0.15) is 18.4 Å². The van der Waals surface area contributed by atoms with Gasteiger partial charge in [-0.05, 0) is 30.5 Å². The zero-order chi connectivity index (χ0) is 11.2. The summed E-state index contributed by atoms with van der Waals surface area (Å²) < 4.78 is 0. The molecule has 4 nitrogen and oxygen atoms in total. The Balaban J connectivity index is 1.98. The van der Waals surface area contributed by atoms with E-state index in [0.717, 1.165) is 30.6 Å². The van der Waals surface area contributed by atoms with Gasteiger partial charge in [0.05, 0.1) is 5.54 Å². The van der Waals surface area contributed by atoms with Crippen molar-refractivity contribution in [1.29, 1.82) is 0 Å². The molecule has 1 saturated carbocycles. The summed E-state index contributed by atoms with van der Waals surface area (Å²) in [6, 6.07) is 7.94. The topological polar surface area (TPSA) is 58.4 Å². The molecule has 1 saturated heterocycles. The second kappa shape index (κ2) is 3.22. The van der Waals surface area contributed by atoms with E-state index in [1.54, 1.807) is 0 Å². The molecule has 0 atom stereocenters. The van der Waals surface area contributed by atoms with Gasteiger partial charge >= 0.3 is 6.03 Å². The number of hydrogen-bond donors (Lipinski definition) is 2. The number of carbonyl (C=O) groups excluding carboxylic acids is 1. The number of benzene rings is 1. The molecule has 1 heterocycles. The van der Waals surface area contributed by atoms with E-state index in [0.29, 0.717) is 6.54 Å². The van der Waals surface area contributed by atoms with Crippen LogP contribution in [-0.4, -0.2) is 18.1 Å². The highest BCUT2D eigenvalue weighted by atomic mass is 16.2. The van der Waals surface area contributed by atoms with Crippen molar-refractivity contribution < 1.29 is 4.79 Å². The molecule has 4 heteroatoms. The fourth-order valence-electron chi connectivity index (χ4n) is 2.37. The molecule has 1 aromatic rings. The number of anilines is 1. The van der Waals surface area contributed by atoms with Gasteiger partial charge in [0.25, 0.3) is 0 Å². The molecule has 0 unspecified atom stereocenters. The number of nitrogens with two attached hydrogens (primary N) is 1. The molecule has 3 rings (SSSR count). The predicted molar refractivity (Wildman–Crippen MR) is 62.2 cm³/mol. The second-order valence-corrected chi connectivity index (χ2v) is 4.59. The van der Waals surface area contributed by atoms with E-state index in [2.05, 4.69) is 5.32 Å². The minimum Gasteiger partial charge on any atom is -0.335 e. The maximum Gasteiger partial charge on any atom is 0.322 e. The summed E-state index contributed by atoms with van der Waals surface area (Å²) in [4.78, 5) is 13.7. The number of hydrogen-bond acceptors (Lipinski definition) is 2. The van der Waals surface area contributed by atoms with Crippen molar-refractivity contribution in [3.63, 3.8) is 0 Å². The van der Waals surface area contributed by atoms with Gasteiger partial charge in [-0.15, -0.1) is 0 Å². The van der Waals surface area contributed by atoms with Crippen LogP contribution in [0.15, 0.2) is 24.3 Å². The summed E-state index contributed by atoms with van der Waals surface area (Å²) in [5, 5.41) is 2.91. The Morgan fingerprint density at radius 1 is 1.44 bits per heavy atom. The highest BCUT2D eigenvalue weighted by Gasteiger charge is 2.55. The van der Waals surface area contributed by atoms with Crippen molar-refractivity contribution in [3.8, 4) is 0 Å². The summed E-state index contributed by atoms with van der Waals surface area (Å²) in [7, 11) is 0. The van der Waals surface area contributed by atoms with Crippen molar-refractivity contribution in [2.24, 2.45) is 5.73 Å². The lowest BCUT2D eigenvalue weighted by molar-refractivity contribution is 0.251. The second-order valence-electron chi connectivity index (χ2n) is 4.59. The third-order valence-electron chi connectivity index (χ3n) is 3.48. The number of urea groups is 1. The van der Waals surface area contributed by atoms with E-state index in [1.165, 1.54) is 0 Å². The molecule has 1 aliphatic carbocycles. The largest absolute Gasteiger partial charge is 0.335 e. The predicted octanol–water partition coefficient (Wildman–Crippen LogP) is 1.21. The first-order valence-electron chi connectivity index (χ1n) is 5.62. The highest BCUT2D eigenvalue weighted by molar-refractivity contribution is 5.97. The van der Waals surface area contributed by atoms with Crippen LogP contribution in [0.4, 0.5) is 10.5 Å². The van der Waals surface area contributed by atoms with Gasteiger partial charge in [0.15, 0.2) is 0 Å². The Hall–Kier alpha value is -1.55. The Kier molecular flexibility index (Phi) is 1.94. The van der Waals surface area contributed by atoms with Crippen molar-refractivity contribution in [3.05, 3.63) is 29.8 Å². The lowest BCUT2D eigenvalue weighted by atomic mass is 10.1. The molecular weight excluding hydrogens is 202 g/mol. The van der Waals surface area contributed by atoms with Crippen LogP contribution >= 0.6 is 0 Å². The van der Waals surface area contributed by atoms with Crippen LogP contribution in [0, 0.1) is 0 Å². The van der Waals surface area contributed by atoms with Crippen LogP contribution in [0.2, 0.25) is 0 Å². The molecule has 1 spiro atoms. The van der Waals surface area contributed by atoms with Crippen molar-refractivity contribution in [2.75, 3.05) is 11.4 Å². The first-order chi connectivity index (χ1) is 7.75. The zero-order valence-electron chi connectivity index (χ0n) is 9.07. The van der Waals surface area contributed by atoms with Gasteiger partial charge in [0, 0.05) is 18.8 Å². The number of amides is 2. The SMILES string of the molecule is NCc1cccc(N2C(=O)NCC23CC3)c1. The van der Waals surface area contributed by atoms with E-state index >= 15 is 0 Å². The maximum absolute atomic E-state index is 11.8. The summed E-state index contributed by atoms with van der Waals surface area (Å²) in [5.74, 6) is 0. The van der Waals surface area contributed by atoms with E-state index in [9.17, 15) is 4.79 Å². The van der Waals surface area contributed by atoms with Crippen molar-refractivity contribution in [1.82, 2.24) is 5.32 Å². The monoisotopic (exact) mass is 217 g/mol. The lowest BCUT2D eigenvalue weighted by Crippen LogP contribution is -2.35. The lowest BCUT2D eigenvalue weighted by Gasteiger charge is -2.23. The molecule has 3 N–H and O–H groups in total. The van der Waals surface area contributed by atoms with Gasteiger partial charge in [0.2, 0.25) is 0 Å². The van der Waals surface area contributed by atoms with Gasteiger partial charge in [-0.1, -0.05) is 12.1 Å². The van der Waals surface area contributed by atoms with Crippen LogP contribution in [0.25, 0.3) is 0 Å². The van der Waals surface area contributed by atoms with Gasteiger partial charge in [0.1, 0.15) is 0 Å². The fraction of sp³-hybridized carbons (Fsp3) is 0.417. The first kappa shape index (κ1) is 9.66. The molecule has 16 heavy (non-hydrogen) atoms. The Morgan fingerprint density at radius 2 is 2.25 bits per heavy atom. The number of nitrogens with zero attached hydrogens (tertiary/aromatic N) is 1. The third kappa shape index (κ3) is 1.30. The molecule has 2 fully saturated rings. The van der Waals surface area contributed by atoms with Crippen LogP contribution in [0.3, 0.4) is 0 Å². The summed E-state index contributed by atoms with van der Waals surface area (Å²) in [6.45, 7) is 1.29. The van der Waals surface area contributed by atoms with Crippen LogP contribution < -0.4 is 16.0 Å². The molecule has 2 amide bonds. The average Bonchev–Trinajstić information content (AvgIpc) is 3.00. The Morgan fingerprint density at radius 3 is 2.94 bits per heavy atom. The molecule has 1 aromatic carbocycles. The summed E-state index contributed by atoms with van der Waals surface area (Å²) >= 11 is 0. The van der Waals surface area contributed by atoms with E-state index < -0.39 is 0 Å². The maximum atomic E-state index is 11.8. The van der Waals surface area contributed by atoms with Crippen molar-refractivity contribution in [2.45, 2.75) is 24.9 Å². The van der Waals surface area contributed by atoms with Gasteiger partial charge in [-0.3, -0.25) is 4.90 Å².